The molecule has 0 aliphatic carbocycles. The van der Waals surface area contributed by atoms with E-state index in [0.29, 0.717) is 5.13 Å². The number of benzene rings is 1. The van der Waals surface area contributed by atoms with Crippen LogP contribution in [0.5, 0.6) is 0 Å². The Bertz CT molecular complexity index is 974. The standard InChI is InChI=1S/C17H15N3O4S/c1-9-6-11(3)12(7-10(9)2)13-8-25-17(18-13)19-16(21)14-4-5-15(24-14)20(22)23/h4-8H,1-3H3,(H,18,19,21). The normalized spacial score (nSPS) is 10.7. The molecule has 2 aromatic heterocycles. The Morgan fingerprint density at radius 2 is 1.92 bits per heavy atom. The molecule has 3 rings (SSSR count). The fourth-order valence-electron chi connectivity index (χ4n) is 2.40. The average Bonchev–Trinajstić information content (AvgIpc) is 3.20. The number of nitrogens with zero attached hydrogens (tertiary/aromatic N) is 2. The van der Waals surface area contributed by atoms with Crippen LogP contribution in [0.25, 0.3) is 11.3 Å². The molecular weight excluding hydrogens is 342 g/mol. The van der Waals surface area contributed by atoms with Crippen molar-refractivity contribution in [3.05, 3.63) is 62.2 Å². The van der Waals surface area contributed by atoms with Gasteiger partial charge >= 0.3 is 5.88 Å². The molecule has 0 aliphatic rings. The van der Waals surface area contributed by atoms with Crippen molar-refractivity contribution in [1.82, 2.24) is 4.98 Å². The average molecular weight is 357 g/mol. The first-order valence-corrected chi connectivity index (χ1v) is 8.32. The molecule has 2 heterocycles. The van der Waals surface area contributed by atoms with Gasteiger partial charge in [0.2, 0.25) is 0 Å². The molecule has 0 radical (unpaired) electrons. The van der Waals surface area contributed by atoms with Crippen molar-refractivity contribution in [2.24, 2.45) is 0 Å². The number of carbonyl (C=O) groups is 1. The zero-order valence-corrected chi connectivity index (χ0v) is 14.6. The van der Waals surface area contributed by atoms with Gasteiger partial charge in [0.1, 0.15) is 4.92 Å². The van der Waals surface area contributed by atoms with Crippen LogP contribution in [-0.4, -0.2) is 15.8 Å². The maximum Gasteiger partial charge on any atom is 0.433 e. The van der Waals surface area contributed by atoms with Crippen LogP contribution >= 0.6 is 11.3 Å². The van der Waals surface area contributed by atoms with E-state index in [4.69, 9.17) is 4.42 Å². The molecule has 0 saturated carbocycles. The second kappa shape index (κ2) is 6.48. The van der Waals surface area contributed by atoms with Gasteiger partial charge in [0, 0.05) is 10.9 Å². The van der Waals surface area contributed by atoms with E-state index < -0.39 is 16.7 Å². The highest BCUT2D eigenvalue weighted by Crippen LogP contribution is 2.29. The van der Waals surface area contributed by atoms with Gasteiger partial charge in [-0.25, -0.2) is 4.98 Å². The first kappa shape index (κ1) is 16.8. The van der Waals surface area contributed by atoms with Gasteiger partial charge in [-0.3, -0.25) is 20.2 Å². The zero-order chi connectivity index (χ0) is 18.1. The molecule has 0 atom stereocenters. The van der Waals surface area contributed by atoms with E-state index in [-0.39, 0.29) is 5.76 Å². The van der Waals surface area contributed by atoms with Crippen LogP contribution in [-0.2, 0) is 0 Å². The van der Waals surface area contributed by atoms with E-state index in [0.717, 1.165) is 22.9 Å². The summed E-state index contributed by atoms with van der Waals surface area (Å²) in [5.74, 6) is -1.19. The van der Waals surface area contributed by atoms with Gasteiger partial charge in [-0.15, -0.1) is 11.3 Å². The summed E-state index contributed by atoms with van der Waals surface area (Å²) in [6.07, 6.45) is 0. The first-order chi connectivity index (χ1) is 11.8. The summed E-state index contributed by atoms with van der Waals surface area (Å²) >= 11 is 1.28. The summed E-state index contributed by atoms with van der Waals surface area (Å²) in [5.41, 5.74) is 5.26. The highest BCUT2D eigenvalue weighted by molar-refractivity contribution is 7.14. The maximum absolute atomic E-state index is 12.1. The van der Waals surface area contributed by atoms with Crippen LogP contribution in [0.4, 0.5) is 11.0 Å². The summed E-state index contributed by atoms with van der Waals surface area (Å²) < 4.78 is 4.88. The minimum absolute atomic E-state index is 0.134. The van der Waals surface area contributed by atoms with Crippen molar-refractivity contribution in [3.8, 4) is 11.3 Å². The van der Waals surface area contributed by atoms with Gasteiger partial charge in [0.25, 0.3) is 5.91 Å². The fourth-order valence-corrected chi connectivity index (χ4v) is 3.10. The minimum Gasteiger partial charge on any atom is -0.395 e. The SMILES string of the molecule is Cc1cc(C)c(-c2csc(NC(=O)c3ccc([N+](=O)[O-])o3)n2)cc1C. The van der Waals surface area contributed by atoms with Gasteiger partial charge in [-0.2, -0.15) is 0 Å². The number of amides is 1. The van der Waals surface area contributed by atoms with Crippen molar-refractivity contribution in [1.29, 1.82) is 0 Å². The molecule has 7 nitrogen and oxygen atoms in total. The lowest BCUT2D eigenvalue weighted by Crippen LogP contribution is -2.10. The van der Waals surface area contributed by atoms with E-state index in [2.05, 4.69) is 29.4 Å². The van der Waals surface area contributed by atoms with Crippen molar-refractivity contribution < 1.29 is 14.1 Å². The highest BCUT2D eigenvalue weighted by atomic mass is 32.1. The first-order valence-electron chi connectivity index (χ1n) is 7.44. The van der Waals surface area contributed by atoms with E-state index in [9.17, 15) is 14.9 Å². The molecule has 0 saturated heterocycles. The monoisotopic (exact) mass is 357 g/mol. The molecule has 0 spiro atoms. The number of nitro groups is 1. The minimum atomic E-state index is -0.694. The number of hydrogen-bond acceptors (Lipinski definition) is 6. The number of anilines is 1. The van der Waals surface area contributed by atoms with Crippen molar-refractivity contribution in [3.63, 3.8) is 0 Å². The van der Waals surface area contributed by atoms with Crippen molar-refractivity contribution >= 4 is 28.3 Å². The Morgan fingerprint density at radius 3 is 2.60 bits per heavy atom. The molecule has 1 aromatic carbocycles. The number of thiazole rings is 1. The third-order valence-corrected chi connectivity index (χ3v) is 4.59. The predicted molar refractivity (Wildman–Crippen MR) is 95.1 cm³/mol. The fraction of sp³-hybridized carbons (Fsp3) is 0.176. The Balaban J connectivity index is 1.81. The smallest absolute Gasteiger partial charge is 0.395 e. The lowest BCUT2D eigenvalue weighted by Gasteiger charge is -2.07. The Kier molecular flexibility index (Phi) is 4.37. The number of hydrogen-bond donors (Lipinski definition) is 1. The number of nitrogens with one attached hydrogen (secondary N) is 1. The Labute approximate surface area is 147 Å². The summed E-state index contributed by atoms with van der Waals surface area (Å²) in [6, 6.07) is 6.57. The number of aromatic nitrogens is 1. The summed E-state index contributed by atoms with van der Waals surface area (Å²) in [4.78, 5) is 26.4. The van der Waals surface area contributed by atoms with Crippen LogP contribution in [0.3, 0.4) is 0 Å². The van der Waals surface area contributed by atoms with Gasteiger partial charge in [-0.05, 0) is 49.6 Å². The highest BCUT2D eigenvalue weighted by Gasteiger charge is 2.18. The summed E-state index contributed by atoms with van der Waals surface area (Å²) in [6.45, 7) is 6.11. The quantitative estimate of drug-likeness (QED) is 0.548. The topological polar surface area (TPSA) is 98.3 Å². The molecule has 3 aromatic rings. The number of carbonyl (C=O) groups excluding carboxylic acids is 1. The van der Waals surface area contributed by atoms with Crippen molar-refractivity contribution in [2.75, 3.05) is 5.32 Å². The molecule has 1 amide bonds. The largest absolute Gasteiger partial charge is 0.433 e. The van der Waals surface area contributed by atoms with Crippen LogP contribution in [0, 0.1) is 30.9 Å². The number of furan rings is 1. The lowest BCUT2D eigenvalue weighted by atomic mass is 9.99. The number of aryl methyl sites for hydroxylation is 3. The molecule has 25 heavy (non-hydrogen) atoms. The second-order valence-corrected chi connectivity index (χ2v) is 6.50. The van der Waals surface area contributed by atoms with Crippen LogP contribution in [0.2, 0.25) is 0 Å². The van der Waals surface area contributed by atoms with Gasteiger partial charge in [-0.1, -0.05) is 6.07 Å². The van der Waals surface area contributed by atoms with E-state index in [1.165, 1.54) is 28.5 Å². The van der Waals surface area contributed by atoms with Crippen LogP contribution < -0.4 is 5.32 Å². The molecule has 128 valence electrons. The van der Waals surface area contributed by atoms with E-state index in [1.807, 2.05) is 19.2 Å². The van der Waals surface area contributed by atoms with Gasteiger partial charge in [0.05, 0.1) is 11.8 Å². The maximum atomic E-state index is 12.1. The molecule has 0 fully saturated rings. The second-order valence-electron chi connectivity index (χ2n) is 5.64. The number of rotatable bonds is 4. The molecule has 8 heteroatoms. The van der Waals surface area contributed by atoms with E-state index in [1.54, 1.807) is 0 Å². The van der Waals surface area contributed by atoms with Gasteiger partial charge in [0.15, 0.2) is 10.9 Å². The molecule has 0 aliphatic heterocycles. The van der Waals surface area contributed by atoms with Crippen molar-refractivity contribution in [2.45, 2.75) is 20.8 Å². The van der Waals surface area contributed by atoms with Gasteiger partial charge < -0.3 is 4.42 Å². The van der Waals surface area contributed by atoms with Crippen LogP contribution in [0.15, 0.2) is 34.1 Å². The molecule has 1 N–H and O–H groups in total. The summed E-state index contributed by atoms with van der Waals surface area (Å²) in [7, 11) is 0. The Hall–Kier alpha value is -3.00. The Morgan fingerprint density at radius 1 is 1.20 bits per heavy atom. The lowest BCUT2D eigenvalue weighted by molar-refractivity contribution is -0.402. The zero-order valence-electron chi connectivity index (χ0n) is 13.8. The third kappa shape index (κ3) is 3.43. The molecular formula is C17H15N3O4S. The third-order valence-electron chi connectivity index (χ3n) is 3.84. The predicted octanol–water partition coefficient (Wildman–Crippen LogP) is 4.49. The molecule has 0 bridgehead atoms. The van der Waals surface area contributed by atoms with Crippen LogP contribution in [0.1, 0.15) is 27.2 Å². The summed E-state index contributed by atoms with van der Waals surface area (Å²) in [5, 5.41) is 15.5. The van der Waals surface area contributed by atoms with E-state index >= 15 is 0 Å². The molecule has 0 unspecified atom stereocenters.